The molecular formula is C18H28N2O2S. The van der Waals surface area contributed by atoms with E-state index in [-0.39, 0.29) is 11.8 Å². The largest absolute Gasteiger partial charge is 0.379 e. The summed E-state index contributed by atoms with van der Waals surface area (Å²) >= 11 is 1.89. The van der Waals surface area contributed by atoms with Gasteiger partial charge < -0.3 is 4.74 Å². The average molecular weight is 337 g/mol. The summed E-state index contributed by atoms with van der Waals surface area (Å²) in [6.07, 6.45) is 3.22. The Bertz CT molecular complexity index is 450. The first-order chi connectivity index (χ1) is 11.3. The highest BCUT2D eigenvalue weighted by Crippen LogP contribution is 2.17. The Kier molecular flexibility index (Phi) is 8.50. The van der Waals surface area contributed by atoms with Crippen LogP contribution in [0.4, 0.5) is 0 Å². The maximum Gasteiger partial charge on any atom is 0.238 e. The second kappa shape index (κ2) is 10.7. The van der Waals surface area contributed by atoms with Crippen molar-refractivity contribution in [3.63, 3.8) is 0 Å². The zero-order valence-electron chi connectivity index (χ0n) is 14.0. The molecule has 1 heterocycles. The Labute approximate surface area is 143 Å². The van der Waals surface area contributed by atoms with Gasteiger partial charge in [0.15, 0.2) is 0 Å². The van der Waals surface area contributed by atoms with Crippen molar-refractivity contribution in [1.82, 2.24) is 10.4 Å². The first kappa shape index (κ1) is 18.3. The summed E-state index contributed by atoms with van der Waals surface area (Å²) in [5, 5.41) is 1.99. The lowest BCUT2D eigenvalue weighted by atomic mass is 10.0. The molecule has 1 amide bonds. The van der Waals surface area contributed by atoms with E-state index in [1.54, 1.807) is 0 Å². The van der Waals surface area contributed by atoms with Crippen molar-refractivity contribution in [3.05, 3.63) is 35.9 Å². The fourth-order valence-corrected chi connectivity index (χ4v) is 3.73. The zero-order chi connectivity index (χ0) is 16.3. The van der Waals surface area contributed by atoms with Crippen molar-refractivity contribution in [2.24, 2.45) is 5.92 Å². The lowest BCUT2D eigenvalue weighted by molar-refractivity contribution is -0.131. The first-order valence-electron chi connectivity index (χ1n) is 8.54. The van der Waals surface area contributed by atoms with Gasteiger partial charge in [-0.15, -0.1) is 0 Å². The number of hydrogen-bond acceptors (Lipinski definition) is 4. The number of hydrazine groups is 1. The van der Waals surface area contributed by atoms with Gasteiger partial charge in [0.25, 0.3) is 0 Å². The van der Waals surface area contributed by atoms with Gasteiger partial charge in [0.1, 0.15) is 0 Å². The fraction of sp³-hybridized carbons (Fsp3) is 0.611. The predicted molar refractivity (Wildman–Crippen MR) is 96.4 cm³/mol. The maximum absolute atomic E-state index is 12.7. The van der Waals surface area contributed by atoms with Crippen LogP contribution < -0.4 is 5.43 Å². The molecule has 1 saturated heterocycles. The van der Waals surface area contributed by atoms with Gasteiger partial charge in [-0.2, -0.15) is 11.8 Å². The molecule has 0 bridgehead atoms. The van der Waals surface area contributed by atoms with Gasteiger partial charge in [-0.3, -0.25) is 10.2 Å². The van der Waals surface area contributed by atoms with Crippen molar-refractivity contribution in [2.45, 2.75) is 26.2 Å². The summed E-state index contributed by atoms with van der Waals surface area (Å²) in [6.45, 7) is 5.12. The summed E-state index contributed by atoms with van der Waals surface area (Å²) in [5.41, 5.74) is 4.31. The van der Waals surface area contributed by atoms with Crippen LogP contribution in [0.2, 0.25) is 0 Å². The van der Waals surface area contributed by atoms with E-state index in [0.717, 1.165) is 31.0 Å². The highest BCUT2D eigenvalue weighted by Gasteiger charge is 2.22. The van der Waals surface area contributed by atoms with Crippen LogP contribution in [-0.4, -0.2) is 48.7 Å². The Morgan fingerprint density at radius 3 is 2.74 bits per heavy atom. The molecule has 1 aliphatic heterocycles. The summed E-state index contributed by atoms with van der Waals surface area (Å²) in [4.78, 5) is 12.7. The summed E-state index contributed by atoms with van der Waals surface area (Å²) in [5.74, 6) is 2.17. The van der Waals surface area contributed by atoms with E-state index in [0.29, 0.717) is 13.2 Å². The molecule has 0 aliphatic carbocycles. The quantitative estimate of drug-likeness (QED) is 0.704. The summed E-state index contributed by atoms with van der Waals surface area (Å²) in [6, 6.07) is 10.3. The van der Waals surface area contributed by atoms with Crippen molar-refractivity contribution >= 4 is 17.7 Å². The monoisotopic (exact) mass is 336 g/mol. The molecule has 4 nitrogen and oxygen atoms in total. The lowest BCUT2D eigenvalue weighted by Crippen LogP contribution is -2.50. The van der Waals surface area contributed by atoms with Gasteiger partial charge in [-0.1, -0.05) is 43.7 Å². The van der Waals surface area contributed by atoms with Gasteiger partial charge in [-0.05, 0) is 24.2 Å². The molecule has 2 rings (SSSR count). The topological polar surface area (TPSA) is 41.6 Å². The van der Waals surface area contributed by atoms with E-state index >= 15 is 0 Å². The highest BCUT2D eigenvalue weighted by atomic mass is 32.2. The van der Waals surface area contributed by atoms with E-state index in [1.807, 2.05) is 35.0 Å². The standard InChI is InChI=1S/C18H28N2O2S/c1-2-3-13-23-15-17(14-16-7-5-4-6-8-16)18(21)19-20-9-11-22-12-10-20/h4-8,17H,2-3,9-15H2,1H3,(H,19,21). The average Bonchev–Trinajstić information content (AvgIpc) is 2.59. The third kappa shape index (κ3) is 6.94. The SMILES string of the molecule is CCCCSCC(Cc1ccccc1)C(=O)NN1CCOCC1. The Hall–Kier alpha value is -1.04. The van der Waals surface area contributed by atoms with E-state index in [4.69, 9.17) is 4.74 Å². The minimum Gasteiger partial charge on any atom is -0.379 e. The zero-order valence-corrected chi connectivity index (χ0v) is 14.8. The van der Waals surface area contributed by atoms with Gasteiger partial charge in [0.2, 0.25) is 5.91 Å². The van der Waals surface area contributed by atoms with Crippen molar-refractivity contribution in [2.75, 3.05) is 37.8 Å². The van der Waals surface area contributed by atoms with Crippen molar-refractivity contribution in [1.29, 1.82) is 0 Å². The van der Waals surface area contributed by atoms with Crippen LogP contribution >= 0.6 is 11.8 Å². The number of nitrogens with zero attached hydrogens (tertiary/aromatic N) is 1. The van der Waals surface area contributed by atoms with E-state index < -0.39 is 0 Å². The lowest BCUT2D eigenvalue weighted by Gasteiger charge is -2.29. The number of carbonyl (C=O) groups is 1. The van der Waals surface area contributed by atoms with E-state index in [1.165, 1.54) is 18.4 Å². The van der Waals surface area contributed by atoms with Gasteiger partial charge in [0, 0.05) is 18.8 Å². The molecule has 0 spiro atoms. The minimum atomic E-state index is 0.0158. The molecular weight excluding hydrogens is 308 g/mol. The molecule has 128 valence electrons. The molecule has 0 radical (unpaired) electrons. The van der Waals surface area contributed by atoms with Gasteiger partial charge >= 0.3 is 0 Å². The number of amides is 1. The molecule has 0 saturated carbocycles. The molecule has 1 aliphatic rings. The van der Waals surface area contributed by atoms with Gasteiger partial charge in [0.05, 0.1) is 19.1 Å². The number of carbonyl (C=O) groups excluding carboxylic acids is 1. The third-order valence-corrected chi connectivity index (χ3v) is 5.15. The molecule has 1 fully saturated rings. The molecule has 23 heavy (non-hydrogen) atoms. The molecule has 1 N–H and O–H groups in total. The molecule has 1 aromatic carbocycles. The van der Waals surface area contributed by atoms with Crippen molar-refractivity contribution in [3.8, 4) is 0 Å². The molecule has 5 heteroatoms. The van der Waals surface area contributed by atoms with Crippen LogP contribution in [0.25, 0.3) is 0 Å². The molecule has 0 aromatic heterocycles. The van der Waals surface area contributed by atoms with Crippen LogP contribution in [0.3, 0.4) is 0 Å². The second-order valence-electron chi connectivity index (χ2n) is 5.89. The fourth-order valence-electron chi connectivity index (χ4n) is 2.52. The van der Waals surface area contributed by atoms with Crippen LogP contribution in [0.15, 0.2) is 30.3 Å². The maximum atomic E-state index is 12.7. The summed E-state index contributed by atoms with van der Waals surface area (Å²) in [7, 11) is 0. The van der Waals surface area contributed by atoms with Crippen LogP contribution in [0, 0.1) is 5.92 Å². The Morgan fingerprint density at radius 2 is 2.04 bits per heavy atom. The smallest absolute Gasteiger partial charge is 0.238 e. The number of hydrogen-bond donors (Lipinski definition) is 1. The molecule has 1 atom stereocenters. The summed E-state index contributed by atoms with van der Waals surface area (Å²) < 4.78 is 5.33. The van der Waals surface area contributed by atoms with Crippen molar-refractivity contribution < 1.29 is 9.53 Å². The van der Waals surface area contributed by atoms with Crippen LogP contribution in [-0.2, 0) is 16.0 Å². The third-order valence-electron chi connectivity index (χ3n) is 3.94. The number of rotatable bonds is 9. The molecule has 1 unspecified atom stereocenters. The number of thioether (sulfide) groups is 1. The number of benzene rings is 1. The second-order valence-corrected chi connectivity index (χ2v) is 7.04. The number of nitrogens with one attached hydrogen (secondary N) is 1. The Morgan fingerprint density at radius 1 is 1.30 bits per heavy atom. The number of ether oxygens (including phenoxy) is 1. The number of unbranched alkanes of at least 4 members (excludes halogenated alkanes) is 1. The normalized spacial score (nSPS) is 16.9. The Balaban J connectivity index is 1.89. The van der Waals surface area contributed by atoms with E-state index in [2.05, 4.69) is 24.5 Å². The van der Waals surface area contributed by atoms with Crippen LogP contribution in [0.5, 0.6) is 0 Å². The minimum absolute atomic E-state index is 0.0158. The highest BCUT2D eigenvalue weighted by molar-refractivity contribution is 7.99. The van der Waals surface area contributed by atoms with Gasteiger partial charge in [-0.25, -0.2) is 5.01 Å². The number of morpholine rings is 1. The van der Waals surface area contributed by atoms with Crippen LogP contribution in [0.1, 0.15) is 25.3 Å². The first-order valence-corrected chi connectivity index (χ1v) is 9.70. The molecule has 1 aromatic rings. The van der Waals surface area contributed by atoms with E-state index in [9.17, 15) is 4.79 Å². The predicted octanol–water partition coefficient (Wildman–Crippen LogP) is 2.74.